The highest BCUT2D eigenvalue weighted by molar-refractivity contribution is 5.83. The molecule has 1 atom stereocenters. The lowest BCUT2D eigenvalue weighted by molar-refractivity contribution is -0.385. The van der Waals surface area contributed by atoms with Crippen LogP contribution >= 0.6 is 0 Å². The van der Waals surface area contributed by atoms with Crippen LogP contribution in [0.1, 0.15) is 25.3 Å². The fourth-order valence-corrected chi connectivity index (χ4v) is 3.44. The van der Waals surface area contributed by atoms with E-state index in [9.17, 15) is 14.9 Å². The monoisotopic (exact) mass is 302 g/mol. The van der Waals surface area contributed by atoms with Gasteiger partial charge in [0.1, 0.15) is 0 Å². The molecule has 1 N–H and O–H groups in total. The summed E-state index contributed by atoms with van der Waals surface area (Å²) in [7, 11) is 0. The van der Waals surface area contributed by atoms with E-state index in [-0.39, 0.29) is 22.3 Å². The van der Waals surface area contributed by atoms with Crippen LogP contribution in [0.5, 0.6) is 0 Å². The minimum absolute atomic E-state index is 0.107. The lowest BCUT2D eigenvalue weighted by Gasteiger charge is -2.26. The molecule has 116 valence electrons. The normalized spacial score (nSPS) is 22.0. The first-order valence-electron chi connectivity index (χ1n) is 7.67. The minimum atomic E-state index is -0.345. The Balaban J connectivity index is 1.90. The van der Waals surface area contributed by atoms with Crippen LogP contribution in [0.15, 0.2) is 16.9 Å². The first-order valence-corrected chi connectivity index (χ1v) is 7.67. The second kappa shape index (κ2) is 4.67. The highest BCUT2D eigenvalue weighted by atomic mass is 16.6. The number of nitrogens with one attached hydrogen (secondary N) is 1. The van der Waals surface area contributed by atoms with Gasteiger partial charge in [-0.1, -0.05) is 0 Å². The van der Waals surface area contributed by atoms with Gasteiger partial charge < -0.3 is 4.98 Å². The van der Waals surface area contributed by atoms with Crippen molar-refractivity contribution in [3.63, 3.8) is 0 Å². The molecule has 0 radical (unpaired) electrons. The van der Waals surface area contributed by atoms with E-state index in [4.69, 9.17) is 0 Å². The van der Waals surface area contributed by atoms with E-state index in [0.717, 1.165) is 6.54 Å². The van der Waals surface area contributed by atoms with Gasteiger partial charge in [-0.05, 0) is 31.7 Å². The molecule has 4 rings (SSSR count). The van der Waals surface area contributed by atoms with Crippen LogP contribution in [0.25, 0.3) is 11.0 Å². The van der Waals surface area contributed by atoms with Crippen LogP contribution in [0.2, 0.25) is 0 Å². The minimum Gasteiger partial charge on any atom is -0.306 e. The standard InChI is InChI=1S/C15H18N4O3/c1-9-6-18-14-11(8-17(9)7-10-2-3-10)13(19(21)22)5-4-12(14)16-15(18)20/h4-5,9-10H,2-3,6-8H2,1H3,(H,16,20)/t9-/m0/s1. The van der Waals surface area contributed by atoms with Crippen LogP contribution < -0.4 is 5.69 Å². The van der Waals surface area contributed by atoms with Gasteiger partial charge in [-0.15, -0.1) is 0 Å². The molecule has 2 aromatic rings. The Kier molecular flexibility index (Phi) is 2.87. The Morgan fingerprint density at radius 1 is 1.41 bits per heavy atom. The van der Waals surface area contributed by atoms with Gasteiger partial charge in [0.15, 0.2) is 0 Å². The molecule has 22 heavy (non-hydrogen) atoms. The van der Waals surface area contributed by atoms with Gasteiger partial charge in [-0.3, -0.25) is 19.6 Å². The molecule has 1 saturated carbocycles. The highest BCUT2D eigenvalue weighted by Crippen LogP contribution is 2.35. The number of imidazole rings is 1. The van der Waals surface area contributed by atoms with Crippen molar-refractivity contribution < 1.29 is 4.92 Å². The van der Waals surface area contributed by atoms with Gasteiger partial charge in [-0.25, -0.2) is 4.79 Å². The average molecular weight is 302 g/mol. The van der Waals surface area contributed by atoms with Gasteiger partial charge in [0.05, 0.1) is 21.5 Å². The van der Waals surface area contributed by atoms with Crippen molar-refractivity contribution in [1.82, 2.24) is 14.5 Å². The zero-order valence-electron chi connectivity index (χ0n) is 12.4. The summed E-state index contributed by atoms with van der Waals surface area (Å²) in [6.07, 6.45) is 2.48. The van der Waals surface area contributed by atoms with E-state index in [1.807, 2.05) is 0 Å². The second-order valence-electron chi connectivity index (χ2n) is 6.48. The van der Waals surface area contributed by atoms with E-state index < -0.39 is 0 Å². The number of hydrogen-bond acceptors (Lipinski definition) is 4. The molecule has 1 aromatic heterocycles. The van der Waals surface area contributed by atoms with Gasteiger partial charge in [0.25, 0.3) is 5.69 Å². The molecule has 7 heteroatoms. The Morgan fingerprint density at radius 2 is 2.18 bits per heavy atom. The Labute approximate surface area is 126 Å². The summed E-state index contributed by atoms with van der Waals surface area (Å²) < 4.78 is 1.66. The number of H-pyrrole nitrogens is 1. The van der Waals surface area contributed by atoms with Crippen molar-refractivity contribution in [2.45, 2.75) is 38.9 Å². The van der Waals surface area contributed by atoms with E-state index in [0.29, 0.717) is 35.6 Å². The number of aromatic nitrogens is 2. The van der Waals surface area contributed by atoms with Gasteiger partial charge in [-0.2, -0.15) is 0 Å². The molecule has 0 spiro atoms. The molecule has 0 saturated heterocycles. The van der Waals surface area contributed by atoms with Crippen LogP contribution in [0, 0.1) is 16.0 Å². The molecule has 0 bridgehead atoms. The number of nitro benzene ring substituents is 1. The molecule has 2 aliphatic rings. The lowest BCUT2D eigenvalue weighted by Crippen LogP contribution is -2.37. The molecular weight excluding hydrogens is 284 g/mol. The van der Waals surface area contributed by atoms with Crippen molar-refractivity contribution >= 4 is 16.7 Å². The maximum atomic E-state index is 12.2. The SMILES string of the molecule is C[C@H]1Cn2c(=O)[nH]c3ccc([N+](=O)[O-])c(c32)CN1CC1CC1. The molecule has 0 amide bonds. The van der Waals surface area contributed by atoms with Gasteiger partial charge in [0, 0.05) is 31.7 Å². The lowest BCUT2D eigenvalue weighted by atomic mass is 10.1. The van der Waals surface area contributed by atoms with E-state index >= 15 is 0 Å². The van der Waals surface area contributed by atoms with Crippen LogP contribution in [0.4, 0.5) is 5.69 Å². The fraction of sp³-hybridized carbons (Fsp3) is 0.533. The summed E-state index contributed by atoms with van der Waals surface area (Å²) in [5, 5.41) is 11.4. The first kappa shape index (κ1) is 13.5. The maximum Gasteiger partial charge on any atom is 0.326 e. The third kappa shape index (κ3) is 2.04. The summed E-state index contributed by atoms with van der Waals surface area (Å²) in [5.74, 6) is 0.705. The van der Waals surface area contributed by atoms with Crippen molar-refractivity contribution in [2.75, 3.05) is 6.54 Å². The fourth-order valence-electron chi connectivity index (χ4n) is 3.44. The number of aromatic amines is 1. The van der Waals surface area contributed by atoms with E-state index in [2.05, 4.69) is 16.8 Å². The second-order valence-corrected chi connectivity index (χ2v) is 6.48. The Bertz CT molecular complexity index is 818. The molecule has 2 heterocycles. The Morgan fingerprint density at radius 3 is 2.86 bits per heavy atom. The summed E-state index contributed by atoms with van der Waals surface area (Å²) >= 11 is 0. The van der Waals surface area contributed by atoms with Crippen molar-refractivity contribution in [3.05, 3.63) is 38.3 Å². The largest absolute Gasteiger partial charge is 0.326 e. The summed E-state index contributed by atoms with van der Waals surface area (Å²) in [6.45, 7) is 4.14. The number of benzene rings is 1. The molecule has 7 nitrogen and oxygen atoms in total. The third-order valence-electron chi connectivity index (χ3n) is 4.83. The topological polar surface area (TPSA) is 84.2 Å². The zero-order valence-corrected chi connectivity index (χ0v) is 12.4. The molecular formula is C15H18N4O3. The highest BCUT2D eigenvalue weighted by Gasteiger charge is 2.32. The number of hydrogen-bond donors (Lipinski definition) is 1. The molecule has 0 unspecified atom stereocenters. The van der Waals surface area contributed by atoms with Crippen molar-refractivity contribution in [3.8, 4) is 0 Å². The molecule has 1 aromatic carbocycles. The summed E-state index contributed by atoms with van der Waals surface area (Å²) in [6, 6.07) is 3.32. The van der Waals surface area contributed by atoms with Gasteiger partial charge in [0.2, 0.25) is 0 Å². The third-order valence-corrected chi connectivity index (χ3v) is 4.83. The smallest absolute Gasteiger partial charge is 0.306 e. The van der Waals surface area contributed by atoms with Crippen LogP contribution in [0.3, 0.4) is 0 Å². The number of nitro groups is 1. The van der Waals surface area contributed by atoms with Crippen molar-refractivity contribution in [2.24, 2.45) is 5.92 Å². The van der Waals surface area contributed by atoms with E-state index in [1.54, 1.807) is 10.6 Å². The molecule has 1 fully saturated rings. The first-order chi connectivity index (χ1) is 10.5. The maximum absolute atomic E-state index is 12.2. The van der Waals surface area contributed by atoms with Crippen LogP contribution in [-0.2, 0) is 13.1 Å². The predicted octanol–water partition coefficient (Wildman–Crippen LogP) is 1.85. The predicted molar refractivity (Wildman–Crippen MR) is 81.8 cm³/mol. The zero-order chi connectivity index (χ0) is 15.4. The van der Waals surface area contributed by atoms with Gasteiger partial charge >= 0.3 is 5.69 Å². The number of rotatable bonds is 3. The van der Waals surface area contributed by atoms with E-state index in [1.165, 1.54) is 18.9 Å². The number of nitrogens with zero attached hydrogens (tertiary/aromatic N) is 3. The summed E-state index contributed by atoms with van der Waals surface area (Å²) in [5.41, 5.74) is 1.97. The summed E-state index contributed by atoms with van der Waals surface area (Å²) in [4.78, 5) is 28.3. The molecule has 1 aliphatic carbocycles. The van der Waals surface area contributed by atoms with Crippen LogP contribution in [-0.4, -0.2) is 32.0 Å². The molecule has 1 aliphatic heterocycles. The van der Waals surface area contributed by atoms with Crippen molar-refractivity contribution in [1.29, 1.82) is 0 Å². The quantitative estimate of drug-likeness (QED) is 0.692. The average Bonchev–Trinajstić information content (AvgIpc) is 3.23. The Hall–Kier alpha value is -2.15.